The monoisotopic (exact) mass is 371 g/mol. The average Bonchev–Trinajstić information content (AvgIpc) is 2.57. The van der Waals surface area contributed by atoms with Gasteiger partial charge in [-0.2, -0.15) is 0 Å². The molecule has 0 bridgehead atoms. The molecule has 1 unspecified atom stereocenters. The highest BCUT2D eigenvalue weighted by molar-refractivity contribution is 5.97. The van der Waals surface area contributed by atoms with Crippen LogP contribution in [0.15, 0.2) is 18.2 Å². The SMILES string of the molecule is CC(C)C(N)C(=O)Nc1ccc(F)c(NC(=O)C2CCCCC2)c1.Cl. The van der Waals surface area contributed by atoms with Gasteiger partial charge in [0, 0.05) is 11.6 Å². The van der Waals surface area contributed by atoms with Gasteiger partial charge in [-0.3, -0.25) is 9.59 Å². The summed E-state index contributed by atoms with van der Waals surface area (Å²) in [7, 11) is 0. The van der Waals surface area contributed by atoms with Gasteiger partial charge in [-0.25, -0.2) is 4.39 Å². The lowest BCUT2D eigenvalue weighted by atomic mass is 9.88. The molecule has 1 fully saturated rings. The van der Waals surface area contributed by atoms with Crippen LogP contribution in [0.25, 0.3) is 0 Å². The van der Waals surface area contributed by atoms with Gasteiger partial charge in [0.25, 0.3) is 0 Å². The zero-order chi connectivity index (χ0) is 17.7. The average molecular weight is 372 g/mol. The molecule has 0 aliphatic heterocycles. The van der Waals surface area contributed by atoms with Gasteiger partial charge < -0.3 is 16.4 Å². The minimum atomic E-state index is -0.643. The van der Waals surface area contributed by atoms with Crippen molar-refractivity contribution in [3.8, 4) is 0 Å². The van der Waals surface area contributed by atoms with E-state index in [9.17, 15) is 14.0 Å². The van der Waals surface area contributed by atoms with Crippen LogP contribution in [0.5, 0.6) is 0 Å². The molecule has 1 saturated carbocycles. The summed E-state index contributed by atoms with van der Waals surface area (Å²) in [5.41, 5.74) is 6.30. The second-order valence-corrected chi connectivity index (χ2v) is 6.78. The van der Waals surface area contributed by atoms with Crippen molar-refractivity contribution in [2.24, 2.45) is 17.6 Å². The molecule has 0 heterocycles. The molecule has 2 amide bonds. The van der Waals surface area contributed by atoms with E-state index in [4.69, 9.17) is 5.73 Å². The Morgan fingerprint density at radius 1 is 1.16 bits per heavy atom. The normalized spacial score (nSPS) is 16.0. The van der Waals surface area contributed by atoms with E-state index in [-0.39, 0.29) is 41.7 Å². The third kappa shape index (κ3) is 5.97. The molecule has 1 aliphatic rings. The largest absolute Gasteiger partial charge is 0.325 e. The lowest BCUT2D eigenvalue weighted by Gasteiger charge is -2.21. The Morgan fingerprint density at radius 3 is 2.40 bits per heavy atom. The van der Waals surface area contributed by atoms with E-state index >= 15 is 0 Å². The molecule has 140 valence electrons. The molecule has 0 spiro atoms. The minimum absolute atomic E-state index is 0. The molecule has 1 aliphatic carbocycles. The van der Waals surface area contributed by atoms with E-state index in [1.807, 2.05) is 13.8 Å². The van der Waals surface area contributed by atoms with Crippen LogP contribution >= 0.6 is 12.4 Å². The van der Waals surface area contributed by atoms with E-state index < -0.39 is 11.9 Å². The zero-order valence-corrected chi connectivity index (χ0v) is 15.5. The quantitative estimate of drug-likeness (QED) is 0.738. The molecular weight excluding hydrogens is 345 g/mol. The van der Waals surface area contributed by atoms with Gasteiger partial charge in [0.05, 0.1) is 11.7 Å². The predicted molar refractivity (Wildman–Crippen MR) is 100 cm³/mol. The highest BCUT2D eigenvalue weighted by Crippen LogP contribution is 2.26. The van der Waals surface area contributed by atoms with Crippen molar-refractivity contribution in [2.75, 3.05) is 10.6 Å². The molecule has 25 heavy (non-hydrogen) atoms. The summed E-state index contributed by atoms with van der Waals surface area (Å²) in [6.07, 6.45) is 4.89. The molecule has 4 N–H and O–H groups in total. The molecule has 7 heteroatoms. The molecule has 1 atom stereocenters. The van der Waals surface area contributed by atoms with Crippen molar-refractivity contribution >= 4 is 35.6 Å². The van der Waals surface area contributed by atoms with Crippen LogP contribution in [-0.2, 0) is 9.59 Å². The van der Waals surface area contributed by atoms with Crippen molar-refractivity contribution in [2.45, 2.75) is 52.0 Å². The van der Waals surface area contributed by atoms with Crippen molar-refractivity contribution in [1.29, 1.82) is 0 Å². The number of halogens is 2. The number of amides is 2. The van der Waals surface area contributed by atoms with Crippen LogP contribution in [0.4, 0.5) is 15.8 Å². The fourth-order valence-corrected chi connectivity index (χ4v) is 2.83. The first kappa shape index (κ1) is 21.4. The van der Waals surface area contributed by atoms with E-state index in [0.717, 1.165) is 32.1 Å². The smallest absolute Gasteiger partial charge is 0.241 e. The maximum Gasteiger partial charge on any atom is 0.241 e. The van der Waals surface area contributed by atoms with Gasteiger partial charge in [-0.15, -0.1) is 12.4 Å². The van der Waals surface area contributed by atoms with Crippen molar-refractivity contribution in [3.05, 3.63) is 24.0 Å². The summed E-state index contributed by atoms with van der Waals surface area (Å²) >= 11 is 0. The summed E-state index contributed by atoms with van der Waals surface area (Å²) in [5, 5.41) is 5.31. The van der Waals surface area contributed by atoms with Crippen LogP contribution in [0, 0.1) is 17.7 Å². The first-order valence-corrected chi connectivity index (χ1v) is 8.55. The van der Waals surface area contributed by atoms with Gasteiger partial charge in [0.15, 0.2) is 0 Å². The van der Waals surface area contributed by atoms with E-state index in [2.05, 4.69) is 10.6 Å². The number of hydrogen-bond acceptors (Lipinski definition) is 3. The number of nitrogens with two attached hydrogens (primary N) is 1. The maximum atomic E-state index is 14.0. The highest BCUT2D eigenvalue weighted by Gasteiger charge is 2.22. The Bertz CT molecular complexity index is 604. The first-order chi connectivity index (χ1) is 11.4. The van der Waals surface area contributed by atoms with Crippen LogP contribution in [0.1, 0.15) is 46.0 Å². The maximum absolute atomic E-state index is 14.0. The lowest BCUT2D eigenvalue weighted by Crippen LogP contribution is -2.39. The van der Waals surface area contributed by atoms with Crippen LogP contribution < -0.4 is 16.4 Å². The molecular formula is C18H27ClFN3O2. The van der Waals surface area contributed by atoms with Crippen LogP contribution in [0.2, 0.25) is 0 Å². The van der Waals surface area contributed by atoms with Crippen molar-refractivity contribution in [1.82, 2.24) is 0 Å². The molecule has 1 aromatic carbocycles. The Balaban J connectivity index is 0.00000312. The second-order valence-electron chi connectivity index (χ2n) is 6.78. The van der Waals surface area contributed by atoms with Gasteiger partial charge in [0.1, 0.15) is 5.82 Å². The van der Waals surface area contributed by atoms with E-state index in [1.165, 1.54) is 18.2 Å². The number of anilines is 2. The number of rotatable bonds is 5. The Labute approximate surface area is 154 Å². The van der Waals surface area contributed by atoms with Crippen LogP contribution in [0.3, 0.4) is 0 Å². The lowest BCUT2D eigenvalue weighted by molar-refractivity contribution is -0.120. The molecule has 0 radical (unpaired) electrons. The number of nitrogens with one attached hydrogen (secondary N) is 2. The number of hydrogen-bond donors (Lipinski definition) is 3. The fraction of sp³-hybridized carbons (Fsp3) is 0.556. The summed E-state index contributed by atoms with van der Waals surface area (Å²) in [4.78, 5) is 24.3. The van der Waals surface area contributed by atoms with E-state index in [1.54, 1.807) is 0 Å². The zero-order valence-electron chi connectivity index (χ0n) is 14.7. The van der Waals surface area contributed by atoms with Gasteiger partial charge in [-0.05, 0) is 37.0 Å². The standard InChI is InChI=1S/C18H26FN3O2.ClH/c1-11(2)16(20)18(24)21-13-8-9-14(19)15(10-13)22-17(23)12-6-4-3-5-7-12;/h8-12,16H,3-7,20H2,1-2H3,(H,21,24)(H,22,23);1H. The first-order valence-electron chi connectivity index (χ1n) is 8.55. The Kier molecular flexibility index (Phi) is 8.32. The third-order valence-corrected chi connectivity index (χ3v) is 4.49. The Hall–Kier alpha value is -1.66. The summed E-state index contributed by atoms with van der Waals surface area (Å²) < 4.78 is 14.0. The molecule has 1 aromatic rings. The molecule has 0 saturated heterocycles. The fourth-order valence-electron chi connectivity index (χ4n) is 2.83. The van der Waals surface area contributed by atoms with Gasteiger partial charge in [-0.1, -0.05) is 33.1 Å². The predicted octanol–water partition coefficient (Wildman–Crippen LogP) is 3.69. The minimum Gasteiger partial charge on any atom is -0.325 e. The van der Waals surface area contributed by atoms with E-state index in [0.29, 0.717) is 5.69 Å². The number of benzene rings is 1. The number of carbonyl (C=O) groups excluding carboxylic acids is 2. The molecule has 0 aromatic heterocycles. The summed E-state index contributed by atoms with van der Waals surface area (Å²) in [6.45, 7) is 3.70. The van der Waals surface area contributed by atoms with Gasteiger partial charge in [0.2, 0.25) is 11.8 Å². The topological polar surface area (TPSA) is 84.2 Å². The van der Waals surface area contributed by atoms with Crippen molar-refractivity contribution in [3.63, 3.8) is 0 Å². The highest BCUT2D eigenvalue weighted by atomic mass is 35.5. The third-order valence-electron chi connectivity index (χ3n) is 4.49. The summed E-state index contributed by atoms with van der Waals surface area (Å²) in [6, 6.07) is 3.47. The van der Waals surface area contributed by atoms with Crippen molar-refractivity contribution < 1.29 is 14.0 Å². The summed E-state index contributed by atoms with van der Waals surface area (Å²) in [5.74, 6) is -1.08. The number of carbonyl (C=O) groups is 2. The van der Waals surface area contributed by atoms with Gasteiger partial charge >= 0.3 is 0 Å². The Morgan fingerprint density at radius 2 is 1.80 bits per heavy atom. The van der Waals surface area contributed by atoms with Crippen LogP contribution in [-0.4, -0.2) is 17.9 Å². The molecule has 2 rings (SSSR count). The second kappa shape index (κ2) is 9.73. The molecule has 5 nitrogen and oxygen atoms in total.